The van der Waals surface area contributed by atoms with Crippen LogP contribution in [-0.4, -0.2) is 9.97 Å². The second-order valence-electron chi connectivity index (χ2n) is 14.6. The number of fused-ring (bicyclic) bond motifs is 10. The highest BCUT2D eigenvalue weighted by Crippen LogP contribution is 2.59. The van der Waals surface area contributed by atoms with Crippen LogP contribution in [0, 0.1) is 0 Å². The van der Waals surface area contributed by atoms with Gasteiger partial charge in [-0.1, -0.05) is 122 Å². The second-order valence-corrected chi connectivity index (χ2v) is 15.7. The first-order valence-electron chi connectivity index (χ1n) is 18.5. The summed E-state index contributed by atoms with van der Waals surface area (Å²) in [6, 6.07) is 33.5. The maximum absolute atomic E-state index is 6.47. The molecule has 2 aromatic heterocycles. The fourth-order valence-corrected chi connectivity index (χ4v) is 10.8. The molecule has 6 aromatic rings. The van der Waals surface area contributed by atoms with Gasteiger partial charge in [0.1, 0.15) is 11.5 Å². The molecule has 4 aliphatic carbocycles. The number of benzene rings is 4. The van der Waals surface area contributed by atoms with Crippen LogP contribution in [0.5, 0.6) is 5.75 Å². The minimum Gasteiger partial charge on any atom is -0.457 e. The van der Waals surface area contributed by atoms with Crippen LogP contribution in [0.15, 0.2) is 139 Å². The van der Waals surface area contributed by atoms with E-state index in [0.717, 1.165) is 52.7 Å². The maximum atomic E-state index is 6.47. The molecule has 1 fully saturated rings. The summed E-state index contributed by atoms with van der Waals surface area (Å²) >= 11 is 1.85. The van der Waals surface area contributed by atoms with E-state index in [-0.39, 0.29) is 11.3 Å². The van der Waals surface area contributed by atoms with Gasteiger partial charge in [0.15, 0.2) is 11.6 Å². The molecule has 1 aliphatic heterocycles. The molecule has 4 aromatic carbocycles. The summed E-state index contributed by atoms with van der Waals surface area (Å²) in [5.41, 5.74) is 12.9. The SMILES string of the molecule is C1=CCC2=C(C(c3ccc4sc5c(-c6nc(-c7ccccc7)c7c(n6)C6CC=CC=C6O7)cccc5c4c3)=C1)C1(CCCCC1)c1ccccc12. The second kappa shape index (κ2) is 11.3. The molecular formula is C47H36N2OS. The predicted molar refractivity (Wildman–Crippen MR) is 211 cm³/mol. The molecule has 0 bridgehead atoms. The molecule has 246 valence electrons. The van der Waals surface area contributed by atoms with Crippen molar-refractivity contribution >= 4 is 42.7 Å². The van der Waals surface area contributed by atoms with Crippen molar-refractivity contribution in [2.75, 3.05) is 0 Å². The fraction of sp³-hybridized carbons (Fsp3) is 0.191. The van der Waals surface area contributed by atoms with Crippen LogP contribution < -0.4 is 4.74 Å². The third kappa shape index (κ3) is 4.36. The lowest BCUT2D eigenvalue weighted by atomic mass is 9.64. The van der Waals surface area contributed by atoms with Crippen molar-refractivity contribution in [3.05, 3.63) is 161 Å². The zero-order valence-corrected chi connectivity index (χ0v) is 29.2. The van der Waals surface area contributed by atoms with Crippen molar-refractivity contribution in [1.82, 2.24) is 9.97 Å². The molecule has 1 unspecified atom stereocenters. The molecule has 0 saturated heterocycles. The minimum absolute atomic E-state index is 0.106. The highest BCUT2D eigenvalue weighted by Gasteiger charge is 2.46. The Morgan fingerprint density at radius 3 is 2.49 bits per heavy atom. The summed E-state index contributed by atoms with van der Waals surface area (Å²) in [7, 11) is 0. The van der Waals surface area contributed by atoms with Crippen LogP contribution in [0.4, 0.5) is 0 Å². The van der Waals surface area contributed by atoms with Crippen molar-refractivity contribution in [2.45, 2.75) is 56.3 Å². The van der Waals surface area contributed by atoms with E-state index in [1.807, 2.05) is 17.4 Å². The van der Waals surface area contributed by atoms with Crippen molar-refractivity contribution in [1.29, 1.82) is 0 Å². The van der Waals surface area contributed by atoms with E-state index in [1.54, 1.807) is 11.1 Å². The van der Waals surface area contributed by atoms with Crippen LogP contribution in [0.3, 0.4) is 0 Å². The van der Waals surface area contributed by atoms with Gasteiger partial charge in [-0.05, 0) is 83.4 Å². The average molecular weight is 677 g/mol. The first-order chi connectivity index (χ1) is 25.3. The number of ether oxygens (including phenoxy) is 1. The third-order valence-electron chi connectivity index (χ3n) is 11.9. The number of hydrogen-bond donors (Lipinski definition) is 0. The summed E-state index contributed by atoms with van der Waals surface area (Å²) in [6.45, 7) is 0. The predicted octanol–water partition coefficient (Wildman–Crippen LogP) is 12.5. The lowest BCUT2D eigenvalue weighted by Gasteiger charge is -2.39. The Labute approximate surface area is 302 Å². The Morgan fingerprint density at radius 1 is 0.725 bits per heavy atom. The molecule has 0 N–H and O–H groups in total. The van der Waals surface area contributed by atoms with Gasteiger partial charge in [-0.15, -0.1) is 11.3 Å². The number of allylic oxidation sites excluding steroid dienone is 10. The Balaban J connectivity index is 1.07. The molecule has 11 rings (SSSR count). The number of aromatic nitrogens is 2. The van der Waals surface area contributed by atoms with Gasteiger partial charge in [-0.3, -0.25) is 0 Å². The highest BCUT2D eigenvalue weighted by atomic mass is 32.1. The molecule has 1 spiro atoms. The van der Waals surface area contributed by atoms with Crippen molar-refractivity contribution in [2.24, 2.45) is 0 Å². The first kappa shape index (κ1) is 29.4. The standard InChI is InChI=1S/C47H36N2OS/c1-3-14-29(15-4-1)42-44-43(35-19-8-10-23-39(35)50-44)49-46(48-42)36-21-13-20-34-37-28-30(24-25-40(37)51-45(34)36)31-16-5-6-18-33-32-17-7-9-22-38(32)47(41(31)33)26-11-2-12-27-47/h1,3-10,13-17,20-25,28,35H,2,11-12,18-19,26-27H2. The van der Waals surface area contributed by atoms with Crippen molar-refractivity contribution in [3.63, 3.8) is 0 Å². The highest BCUT2D eigenvalue weighted by molar-refractivity contribution is 7.26. The van der Waals surface area contributed by atoms with E-state index >= 15 is 0 Å². The van der Waals surface area contributed by atoms with E-state index in [4.69, 9.17) is 14.7 Å². The normalized spacial score (nSPS) is 19.7. The van der Waals surface area contributed by atoms with E-state index < -0.39 is 0 Å². The molecule has 1 saturated carbocycles. The maximum Gasteiger partial charge on any atom is 0.175 e. The Hall–Kier alpha value is -5.32. The summed E-state index contributed by atoms with van der Waals surface area (Å²) in [5.74, 6) is 2.64. The van der Waals surface area contributed by atoms with Gasteiger partial charge < -0.3 is 4.74 Å². The quantitative estimate of drug-likeness (QED) is 0.187. The van der Waals surface area contributed by atoms with Gasteiger partial charge in [0.2, 0.25) is 0 Å². The van der Waals surface area contributed by atoms with Crippen LogP contribution in [0.1, 0.15) is 73.2 Å². The largest absolute Gasteiger partial charge is 0.457 e. The summed E-state index contributed by atoms with van der Waals surface area (Å²) < 4.78 is 8.99. The van der Waals surface area contributed by atoms with Crippen LogP contribution in [0.25, 0.3) is 54.0 Å². The molecule has 1 atom stereocenters. The topological polar surface area (TPSA) is 35.0 Å². The van der Waals surface area contributed by atoms with E-state index in [0.29, 0.717) is 0 Å². The van der Waals surface area contributed by atoms with E-state index in [9.17, 15) is 0 Å². The zero-order valence-electron chi connectivity index (χ0n) is 28.4. The molecular weight excluding hydrogens is 641 g/mol. The van der Waals surface area contributed by atoms with E-state index in [1.165, 1.54) is 74.5 Å². The van der Waals surface area contributed by atoms with Gasteiger partial charge in [0.05, 0.1) is 11.6 Å². The fourth-order valence-electron chi connectivity index (χ4n) is 9.64. The van der Waals surface area contributed by atoms with Gasteiger partial charge in [0.25, 0.3) is 0 Å². The lowest BCUT2D eigenvalue weighted by molar-refractivity contribution is 0.352. The van der Waals surface area contributed by atoms with Gasteiger partial charge in [0, 0.05) is 36.7 Å². The Kier molecular flexibility index (Phi) is 6.54. The number of hydrogen-bond acceptors (Lipinski definition) is 4. The number of thiophene rings is 1. The van der Waals surface area contributed by atoms with E-state index in [2.05, 4.69) is 121 Å². The zero-order chi connectivity index (χ0) is 33.5. The van der Waals surface area contributed by atoms with Crippen LogP contribution >= 0.6 is 11.3 Å². The monoisotopic (exact) mass is 676 g/mol. The van der Waals surface area contributed by atoms with Gasteiger partial charge in [-0.25, -0.2) is 9.97 Å². The smallest absolute Gasteiger partial charge is 0.175 e. The molecule has 3 nitrogen and oxygen atoms in total. The first-order valence-corrected chi connectivity index (χ1v) is 19.3. The Morgan fingerprint density at radius 2 is 1.57 bits per heavy atom. The Bertz CT molecular complexity index is 2590. The van der Waals surface area contributed by atoms with Gasteiger partial charge >= 0.3 is 0 Å². The summed E-state index contributed by atoms with van der Waals surface area (Å²) in [4.78, 5) is 10.6. The summed E-state index contributed by atoms with van der Waals surface area (Å²) in [6.07, 6.45) is 21.7. The number of rotatable bonds is 3. The van der Waals surface area contributed by atoms with Crippen LogP contribution in [-0.2, 0) is 5.41 Å². The lowest BCUT2D eigenvalue weighted by Crippen LogP contribution is -2.30. The van der Waals surface area contributed by atoms with Gasteiger partial charge in [-0.2, -0.15) is 0 Å². The van der Waals surface area contributed by atoms with Crippen molar-refractivity contribution in [3.8, 4) is 28.4 Å². The molecule has 3 heterocycles. The van der Waals surface area contributed by atoms with Crippen LogP contribution in [0.2, 0.25) is 0 Å². The molecule has 0 radical (unpaired) electrons. The minimum atomic E-state index is 0.106. The average Bonchev–Trinajstić information content (AvgIpc) is 3.76. The molecule has 51 heavy (non-hydrogen) atoms. The summed E-state index contributed by atoms with van der Waals surface area (Å²) in [5, 5.41) is 2.56. The molecule has 5 aliphatic rings. The number of nitrogens with zero attached hydrogens (tertiary/aromatic N) is 2. The third-order valence-corrected chi connectivity index (χ3v) is 13.1. The van der Waals surface area contributed by atoms with Crippen molar-refractivity contribution < 1.29 is 4.74 Å². The molecule has 0 amide bonds. The molecule has 4 heteroatoms.